The molecule has 0 aliphatic heterocycles. The molecule has 0 atom stereocenters. The number of rotatable bonds is 12. The van der Waals surface area contributed by atoms with Crippen molar-refractivity contribution in [2.75, 3.05) is 23.7 Å². The van der Waals surface area contributed by atoms with E-state index < -0.39 is 27.4 Å². The van der Waals surface area contributed by atoms with E-state index in [0.717, 1.165) is 9.20 Å². The third-order valence-electron chi connectivity index (χ3n) is 5.74. The number of nitro groups is 1. The van der Waals surface area contributed by atoms with Gasteiger partial charge < -0.3 is 9.15 Å². The summed E-state index contributed by atoms with van der Waals surface area (Å²) in [5, 5.41) is 14.7. The Morgan fingerprint density at radius 1 is 1.05 bits per heavy atom. The number of nitrogens with zero attached hydrogens (tertiary/aromatic N) is 3. The lowest BCUT2D eigenvalue weighted by Gasteiger charge is -2.24. The highest BCUT2D eigenvalue weighted by molar-refractivity contribution is 7.98. The molecule has 3 aromatic carbocycles. The second kappa shape index (κ2) is 13.2. The molecule has 4 aromatic rings. The molecule has 1 amide bonds. The number of nitrogens with one attached hydrogen (secondary N) is 1. The summed E-state index contributed by atoms with van der Waals surface area (Å²) in [6.45, 7) is 1.76. The summed E-state index contributed by atoms with van der Waals surface area (Å²) >= 11 is 1.48. The zero-order chi connectivity index (χ0) is 29.4. The number of hydrazone groups is 1. The number of nitro benzene ring substituents is 1. The van der Waals surface area contributed by atoms with E-state index in [1.807, 2.05) is 13.2 Å². The molecule has 0 bridgehead atoms. The van der Waals surface area contributed by atoms with Crippen molar-refractivity contribution in [3.63, 3.8) is 0 Å². The summed E-state index contributed by atoms with van der Waals surface area (Å²) in [5.74, 6) is 0.650. The van der Waals surface area contributed by atoms with Crippen LogP contribution >= 0.6 is 11.8 Å². The molecule has 41 heavy (non-hydrogen) atoms. The summed E-state index contributed by atoms with van der Waals surface area (Å²) < 4.78 is 39.3. The number of sulfonamides is 1. The second-order valence-electron chi connectivity index (χ2n) is 8.41. The second-order valence-corrected chi connectivity index (χ2v) is 11.2. The van der Waals surface area contributed by atoms with Gasteiger partial charge in [0.2, 0.25) is 0 Å². The Morgan fingerprint density at radius 2 is 1.73 bits per heavy atom. The molecule has 4 rings (SSSR count). The first kappa shape index (κ1) is 29.4. The third-order valence-corrected chi connectivity index (χ3v) is 8.27. The number of carbonyl (C=O) groups excluding carboxylic acids is 1. The molecule has 1 N–H and O–H groups in total. The van der Waals surface area contributed by atoms with Crippen molar-refractivity contribution in [1.82, 2.24) is 5.43 Å². The normalized spacial score (nSPS) is 11.4. The molecule has 11 nitrogen and oxygen atoms in total. The summed E-state index contributed by atoms with van der Waals surface area (Å²) in [4.78, 5) is 24.1. The fourth-order valence-corrected chi connectivity index (χ4v) is 5.55. The first-order valence-electron chi connectivity index (χ1n) is 12.3. The smallest absolute Gasteiger partial charge is 0.269 e. The van der Waals surface area contributed by atoms with Crippen LogP contribution in [0.3, 0.4) is 0 Å². The van der Waals surface area contributed by atoms with Gasteiger partial charge in [0.15, 0.2) is 0 Å². The monoisotopic (exact) mass is 594 g/mol. The maximum atomic E-state index is 13.6. The van der Waals surface area contributed by atoms with Gasteiger partial charge in [0.25, 0.3) is 21.6 Å². The lowest BCUT2D eigenvalue weighted by atomic mass is 10.1. The van der Waals surface area contributed by atoms with Gasteiger partial charge >= 0.3 is 0 Å². The van der Waals surface area contributed by atoms with E-state index in [0.29, 0.717) is 29.4 Å². The van der Waals surface area contributed by atoms with Crippen LogP contribution < -0.4 is 14.5 Å². The van der Waals surface area contributed by atoms with Crippen LogP contribution in [0.1, 0.15) is 12.7 Å². The Labute approximate surface area is 241 Å². The van der Waals surface area contributed by atoms with Crippen molar-refractivity contribution in [2.24, 2.45) is 5.10 Å². The van der Waals surface area contributed by atoms with E-state index in [-0.39, 0.29) is 16.3 Å². The van der Waals surface area contributed by atoms with E-state index in [9.17, 15) is 23.3 Å². The summed E-state index contributed by atoms with van der Waals surface area (Å²) in [6.07, 6.45) is 3.16. The molecule has 1 aromatic heterocycles. The molecule has 0 saturated heterocycles. The van der Waals surface area contributed by atoms with E-state index >= 15 is 0 Å². The van der Waals surface area contributed by atoms with Crippen molar-refractivity contribution in [2.45, 2.75) is 16.7 Å². The number of anilines is 1. The van der Waals surface area contributed by atoms with Gasteiger partial charge in [-0.3, -0.25) is 19.2 Å². The van der Waals surface area contributed by atoms with Crippen molar-refractivity contribution in [3.05, 3.63) is 101 Å². The number of benzene rings is 3. The van der Waals surface area contributed by atoms with Gasteiger partial charge in [-0.2, -0.15) is 5.10 Å². The van der Waals surface area contributed by atoms with E-state index in [1.165, 1.54) is 42.2 Å². The van der Waals surface area contributed by atoms with Gasteiger partial charge in [-0.05, 0) is 86.0 Å². The van der Waals surface area contributed by atoms with Crippen molar-refractivity contribution in [1.29, 1.82) is 0 Å². The molecule has 0 saturated carbocycles. The van der Waals surface area contributed by atoms with E-state index in [4.69, 9.17) is 9.15 Å². The van der Waals surface area contributed by atoms with Crippen LogP contribution in [0, 0.1) is 10.1 Å². The predicted octanol–water partition coefficient (Wildman–Crippen LogP) is 5.32. The first-order chi connectivity index (χ1) is 19.7. The maximum Gasteiger partial charge on any atom is 0.269 e. The third kappa shape index (κ3) is 7.32. The number of thioether (sulfide) groups is 1. The minimum Gasteiger partial charge on any atom is -0.494 e. The van der Waals surface area contributed by atoms with Crippen molar-refractivity contribution >= 4 is 45.3 Å². The van der Waals surface area contributed by atoms with Gasteiger partial charge in [0.1, 0.15) is 23.8 Å². The largest absolute Gasteiger partial charge is 0.494 e. The molecule has 0 radical (unpaired) electrons. The van der Waals surface area contributed by atoms with Crippen LogP contribution in [0.25, 0.3) is 11.3 Å². The summed E-state index contributed by atoms with van der Waals surface area (Å²) in [6, 6.07) is 21.9. The number of furan rings is 1. The number of non-ortho nitro benzene ring substituents is 1. The number of amides is 1. The number of hydrogen-bond donors (Lipinski definition) is 1. The van der Waals surface area contributed by atoms with Crippen molar-refractivity contribution in [3.8, 4) is 17.1 Å². The Hall–Kier alpha value is -4.62. The predicted molar refractivity (Wildman–Crippen MR) is 157 cm³/mol. The fraction of sp³-hybridized carbons (Fsp3) is 0.143. The standard InChI is InChI=1S/C28H26N4O7S2/c1-3-38-23-10-8-21(9-11-23)31(41(36,37)26-15-13-25(40-2)14-16-26)19-28(33)30-29-18-24-12-17-27(39-24)20-4-6-22(7-5-20)32(34)35/h4-18H,3,19H2,1-2H3,(H,30,33)/b29-18-. The molecule has 0 spiro atoms. The van der Waals surface area contributed by atoms with Crippen molar-refractivity contribution < 1.29 is 27.3 Å². The molecule has 0 fully saturated rings. The van der Waals surface area contributed by atoms with Gasteiger partial charge in [-0.25, -0.2) is 13.8 Å². The molecule has 13 heteroatoms. The molecule has 0 aliphatic rings. The lowest BCUT2D eigenvalue weighted by molar-refractivity contribution is -0.384. The zero-order valence-electron chi connectivity index (χ0n) is 22.1. The quantitative estimate of drug-likeness (QED) is 0.100. The first-order valence-corrected chi connectivity index (χ1v) is 14.9. The van der Waals surface area contributed by atoms with Crippen LogP contribution in [0.5, 0.6) is 5.75 Å². The van der Waals surface area contributed by atoms with E-state index in [1.54, 1.807) is 60.7 Å². The SMILES string of the molecule is CCOc1ccc(N(CC(=O)N/N=C\c2ccc(-c3ccc([N+](=O)[O-])cc3)o2)S(=O)(=O)c2ccc(SC)cc2)cc1. The highest BCUT2D eigenvalue weighted by Crippen LogP contribution is 2.27. The topological polar surface area (TPSA) is 144 Å². The average Bonchev–Trinajstić information content (AvgIpc) is 3.45. The Balaban J connectivity index is 1.49. The summed E-state index contributed by atoms with van der Waals surface area (Å²) in [5.41, 5.74) is 3.20. The molecule has 0 aliphatic carbocycles. The Morgan fingerprint density at radius 3 is 2.34 bits per heavy atom. The highest BCUT2D eigenvalue weighted by atomic mass is 32.2. The van der Waals surface area contributed by atoms with Gasteiger partial charge in [0.05, 0.1) is 28.3 Å². The molecular weight excluding hydrogens is 568 g/mol. The fourth-order valence-electron chi connectivity index (χ4n) is 3.72. The Bertz CT molecular complexity index is 1630. The molecule has 212 valence electrons. The van der Waals surface area contributed by atoms with Crippen LogP contribution in [-0.4, -0.2) is 44.9 Å². The van der Waals surface area contributed by atoms with Gasteiger partial charge in [0, 0.05) is 22.6 Å². The Kier molecular flexibility index (Phi) is 9.42. The average molecular weight is 595 g/mol. The van der Waals surface area contributed by atoms with Gasteiger partial charge in [-0.1, -0.05) is 0 Å². The van der Waals surface area contributed by atoms with Crippen LogP contribution in [0.15, 0.2) is 104 Å². The van der Waals surface area contributed by atoms with Crippen LogP contribution in [-0.2, 0) is 14.8 Å². The van der Waals surface area contributed by atoms with Crippen LogP contribution in [0.2, 0.25) is 0 Å². The maximum absolute atomic E-state index is 13.6. The number of carbonyl (C=O) groups is 1. The number of ether oxygens (including phenoxy) is 1. The lowest BCUT2D eigenvalue weighted by Crippen LogP contribution is -2.39. The van der Waals surface area contributed by atoms with Gasteiger partial charge in [-0.15, -0.1) is 11.8 Å². The summed E-state index contributed by atoms with van der Waals surface area (Å²) in [7, 11) is -4.10. The minimum absolute atomic E-state index is 0.0369. The highest BCUT2D eigenvalue weighted by Gasteiger charge is 2.27. The zero-order valence-corrected chi connectivity index (χ0v) is 23.7. The molecule has 1 heterocycles. The number of hydrogen-bond acceptors (Lipinski definition) is 9. The minimum atomic E-state index is -4.10. The van der Waals surface area contributed by atoms with E-state index in [2.05, 4.69) is 10.5 Å². The van der Waals surface area contributed by atoms with Crippen LogP contribution in [0.4, 0.5) is 11.4 Å². The molecule has 0 unspecified atom stereocenters. The molecular formula is C28H26N4O7S2.